The van der Waals surface area contributed by atoms with Gasteiger partial charge in [-0.3, -0.25) is 4.79 Å². The fourth-order valence-corrected chi connectivity index (χ4v) is 4.59. The fraction of sp³-hybridized carbons (Fsp3) is 0.300. The average molecular weight is 402 g/mol. The molecular formula is C20H22N2O5S. The van der Waals surface area contributed by atoms with Crippen molar-refractivity contribution in [1.29, 1.82) is 0 Å². The van der Waals surface area contributed by atoms with Gasteiger partial charge >= 0.3 is 5.97 Å². The van der Waals surface area contributed by atoms with Crippen LogP contribution in [-0.2, 0) is 14.8 Å². The van der Waals surface area contributed by atoms with Crippen LogP contribution in [0.3, 0.4) is 0 Å². The predicted molar refractivity (Wildman–Crippen MR) is 104 cm³/mol. The molecule has 0 aliphatic heterocycles. The lowest BCUT2D eigenvalue weighted by atomic mass is 10.0. The molecule has 0 bridgehead atoms. The summed E-state index contributed by atoms with van der Waals surface area (Å²) in [5.74, 6) is -0.137. The molecule has 7 nitrogen and oxygen atoms in total. The first-order chi connectivity index (χ1) is 13.2. The zero-order valence-corrected chi connectivity index (χ0v) is 16.7. The molecule has 148 valence electrons. The Balaban J connectivity index is 2.24. The third-order valence-corrected chi connectivity index (χ3v) is 5.91. The van der Waals surface area contributed by atoms with Gasteiger partial charge in [-0.1, -0.05) is 32.0 Å². The third-order valence-electron chi connectivity index (χ3n) is 4.18. The predicted octanol–water partition coefficient (Wildman–Crippen LogP) is 3.28. The molecule has 1 atom stereocenters. The van der Waals surface area contributed by atoms with E-state index in [1.54, 1.807) is 24.3 Å². The summed E-state index contributed by atoms with van der Waals surface area (Å²) in [6.07, 6.45) is 0.682. The van der Waals surface area contributed by atoms with E-state index in [2.05, 4.69) is 4.98 Å². The Bertz CT molecular complexity index is 1100. The number of carbonyl (C=O) groups excluding carboxylic acids is 1. The Morgan fingerprint density at radius 3 is 2.50 bits per heavy atom. The molecule has 0 aliphatic carbocycles. The Hall–Kier alpha value is -2.71. The number of rotatable bonds is 6. The van der Waals surface area contributed by atoms with E-state index in [0.717, 1.165) is 3.97 Å². The van der Waals surface area contributed by atoms with E-state index in [9.17, 15) is 18.3 Å². The van der Waals surface area contributed by atoms with Gasteiger partial charge in [0.05, 0.1) is 22.9 Å². The molecule has 0 aliphatic rings. The van der Waals surface area contributed by atoms with E-state index >= 15 is 0 Å². The van der Waals surface area contributed by atoms with Crippen LogP contribution in [0, 0.1) is 5.92 Å². The smallest absolute Gasteiger partial charge is 0.308 e. The highest BCUT2D eigenvalue weighted by Gasteiger charge is 2.27. The Morgan fingerprint density at radius 1 is 1.21 bits per heavy atom. The molecular weight excluding hydrogens is 380 g/mol. The summed E-state index contributed by atoms with van der Waals surface area (Å²) in [5, 5.41) is 11.2. The Morgan fingerprint density at radius 2 is 1.89 bits per heavy atom. The number of carbonyl (C=O) groups is 1. The van der Waals surface area contributed by atoms with E-state index in [0.29, 0.717) is 11.8 Å². The van der Waals surface area contributed by atoms with Crippen LogP contribution in [0.1, 0.15) is 39.0 Å². The van der Waals surface area contributed by atoms with E-state index in [1.807, 2.05) is 13.8 Å². The van der Waals surface area contributed by atoms with E-state index in [4.69, 9.17) is 4.74 Å². The van der Waals surface area contributed by atoms with Crippen molar-refractivity contribution in [2.24, 2.45) is 5.92 Å². The highest BCUT2D eigenvalue weighted by molar-refractivity contribution is 7.90. The molecule has 0 saturated heterocycles. The lowest BCUT2D eigenvalue weighted by Gasteiger charge is -2.17. The molecule has 3 rings (SSSR count). The van der Waals surface area contributed by atoms with Gasteiger partial charge in [-0.15, -0.1) is 0 Å². The van der Waals surface area contributed by atoms with Crippen molar-refractivity contribution < 1.29 is 23.1 Å². The molecule has 1 aromatic carbocycles. The number of aliphatic hydroxyl groups is 1. The number of aromatic nitrogens is 2. The summed E-state index contributed by atoms with van der Waals surface area (Å²) in [6, 6.07) is 11.1. The van der Waals surface area contributed by atoms with Crippen molar-refractivity contribution >= 4 is 27.0 Å². The molecule has 28 heavy (non-hydrogen) atoms. The SMILES string of the molecule is CC(=O)Oc1cnc2c(c1)cc(C(O)CC(C)C)n2S(=O)(=O)c1ccccc1. The molecule has 8 heteroatoms. The Labute approximate surface area is 163 Å². The quantitative estimate of drug-likeness (QED) is 0.636. The average Bonchev–Trinajstić information content (AvgIpc) is 3.01. The van der Waals surface area contributed by atoms with Crippen LogP contribution in [0.25, 0.3) is 11.0 Å². The number of benzene rings is 1. The Kier molecular flexibility index (Phi) is 5.53. The van der Waals surface area contributed by atoms with Crippen molar-refractivity contribution in [1.82, 2.24) is 8.96 Å². The van der Waals surface area contributed by atoms with E-state index in [1.165, 1.54) is 31.3 Å². The number of nitrogens with zero attached hydrogens (tertiary/aromatic N) is 2. The monoisotopic (exact) mass is 402 g/mol. The molecule has 1 unspecified atom stereocenters. The van der Waals surface area contributed by atoms with Crippen LogP contribution in [0.4, 0.5) is 0 Å². The molecule has 0 fully saturated rings. The summed E-state index contributed by atoms with van der Waals surface area (Å²) in [5.41, 5.74) is 0.387. The number of esters is 1. The number of ether oxygens (including phenoxy) is 1. The highest BCUT2D eigenvalue weighted by Crippen LogP contribution is 2.32. The summed E-state index contributed by atoms with van der Waals surface area (Å²) in [4.78, 5) is 15.5. The van der Waals surface area contributed by atoms with Gasteiger partial charge in [0.25, 0.3) is 10.0 Å². The minimum Gasteiger partial charge on any atom is -0.425 e. The first kappa shape index (κ1) is 20.0. The molecule has 2 heterocycles. The van der Waals surface area contributed by atoms with Gasteiger partial charge in [-0.25, -0.2) is 17.4 Å². The zero-order chi connectivity index (χ0) is 20.5. The second kappa shape index (κ2) is 7.73. The molecule has 0 amide bonds. The lowest BCUT2D eigenvalue weighted by molar-refractivity contribution is -0.131. The maximum atomic E-state index is 13.3. The number of fused-ring (bicyclic) bond motifs is 1. The summed E-state index contributed by atoms with van der Waals surface area (Å²) in [7, 11) is -3.98. The van der Waals surface area contributed by atoms with Gasteiger partial charge in [0.15, 0.2) is 5.65 Å². The van der Waals surface area contributed by atoms with Crippen molar-refractivity contribution in [3.8, 4) is 5.75 Å². The van der Waals surface area contributed by atoms with Crippen LogP contribution in [0.5, 0.6) is 5.75 Å². The topological polar surface area (TPSA) is 98.5 Å². The molecule has 0 radical (unpaired) electrons. The number of aliphatic hydroxyl groups excluding tert-OH is 1. The zero-order valence-electron chi connectivity index (χ0n) is 15.9. The number of hydrogen-bond acceptors (Lipinski definition) is 6. The van der Waals surface area contributed by atoms with E-state index < -0.39 is 22.1 Å². The molecule has 3 aromatic rings. The normalized spacial score (nSPS) is 13.0. The summed E-state index contributed by atoms with van der Waals surface area (Å²) < 4.78 is 32.7. The van der Waals surface area contributed by atoms with Crippen molar-refractivity contribution in [2.45, 2.75) is 38.2 Å². The maximum Gasteiger partial charge on any atom is 0.308 e. The fourth-order valence-electron chi connectivity index (χ4n) is 3.04. The minimum absolute atomic E-state index is 0.0939. The molecule has 1 N–H and O–H groups in total. The second-order valence-corrected chi connectivity index (χ2v) is 8.76. The first-order valence-electron chi connectivity index (χ1n) is 8.88. The van der Waals surface area contributed by atoms with Crippen molar-refractivity contribution in [3.63, 3.8) is 0 Å². The van der Waals surface area contributed by atoms with Crippen LogP contribution >= 0.6 is 0 Å². The van der Waals surface area contributed by atoms with Crippen LogP contribution in [0.15, 0.2) is 53.6 Å². The number of hydrogen-bond donors (Lipinski definition) is 1. The van der Waals surface area contributed by atoms with Gasteiger partial charge in [0.2, 0.25) is 0 Å². The number of pyridine rings is 1. The third kappa shape index (κ3) is 3.93. The van der Waals surface area contributed by atoms with Crippen LogP contribution < -0.4 is 4.74 Å². The largest absolute Gasteiger partial charge is 0.425 e. The molecule has 2 aromatic heterocycles. The van der Waals surface area contributed by atoms with E-state index in [-0.39, 0.29) is 27.9 Å². The lowest BCUT2D eigenvalue weighted by Crippen LogP contribution is -2.18. The van der Waals surface area contributed by atoms with Crippen molar-refractivity contribution in [3.05, 3.63) is 54.4 Å². The van der Waals surface area contributed by atoms with Crippen molar-refractivity contribution in [2.75, 3.05) is 0 Å². The first-order valence-corrected chi connectivity index (χ1v) is 10.3. The summed E-state index contributed by atoms with van der Waals surface area (Å²) >= 11 is 0. The minimum atomic E-state index is -3.98. The van der Waals surface area contributed by atoms with Gasteiger partial charge < -0.3 is 9.84 Å². The summed E-state index contributed by atoms with van der Waals surface area (Å²) in [6.45, 7) is 5.16. The van der Waals surface area contributed by atoms with Gasteiger partial charge in [-0.2, -0.15) is 0 Å². The van der Waals surface area contributed by atoms with Gasteiger partial charge in [-0.05, 0) is 36.6 Å². The van der Waals surface area contributed by atoms with Crippen LogP contribution in [-0.4, -0.2) is 28.5 Å². The van der Waals surface area contributed by atoms with Gasteiger partial charge in [0.1, 0.15) is 5.75 Å². The molecule has 0 saturated carbocycles. The van der Waals surface area contributed by atoms with Crippen LogP contribution in [0.2, 0.25) is 0 Å². The van der Waals surface area contributed by atoms with Gasteiger partial charge in [0, 0.05) is 12.3 Å². The standard InChI is InChI=1S/C20H22N2O5S/c1-13(2)9-19(24)18-11-15-10-16(27-14(3)23)12-21-20(15)22(18)28(25,26)17-7-5-4-6-8-17/h4-8,10-13,19,24H,9H2,1-3H3. The highest BCUT2D eigenvalue weighted by atomic mass is 32.2. The maximum absolute atomic E-state index is 13.3. The molecule has 0 spiro atoms. The second-order valence-electron chi connectivity index (χ2n) is 6.97.